The minimum absolute atomic E-state index is 0.0148. The molecule has 5 rings (SSSR count). The fraction of sp³-hybridized carbons (Fsp3) is 0.476. The molecule has 3 heterocycles. The van der Waals surface area contributed by atoms with Crippen molar-refractivity contribution in [3.8, 4) is 0 Å². The Morgan fingerprint density at radius 3 is 2.53 bits per heavy atom. The molecule has 2 fully saturated rings. The molecular formula is C21H23F3N6O2. The van der Waals surface area contributed by atoms with E-state index < -0.39 is 35.2 Å². The highest BCUT2D eigenvalue weighted by Crippen LogP contribution is 2.32. The van der Waals surface area contributed by atoms with Crippen molar-refractivity contribution in [2.45, 2.75) is 50.3 Å². The van der Waals surface area contributed by atoms with E-state index in [0.717, 1.165) is 12.8 Å². The topological polar surface area (TPSA) is 97.1 Å². The number of hydrogen-bond acceptors (Lipinski definition) is 7. The minimum atomic E-state index is -1.57. The zero-order valence-electron chi connectivity index (χ0n) is 19.0. The van der Waals surface area contributed by atoms with E-state index >= 15 is 0 Å². The average molecular weight is 450 g/mol. The molecule has 2 aromatic heterocycles. The lowest BCUT2D eigenvalue weighted by Crippen LogP contribution is -2.29. The van der Waals surface area contributed by atoms with Crippen LogP contribution in [0.2, 0.25) is 0 Å². The number of fused-ring (bicyclic) bond motifs is 1. The second-order valence-electron chi connectivity index (χ2n) is 8.07. The highest BCUT2D eigenvalue weighted by molar-refractivity contribution is 5.76. The number of aliphatic hydroxyl groups excluding tert-OH is 1. The maximum atomic E-state index is 14.6. The SMILES string of the molecule is [2H]c1c(F)c([2H])c(F)c(Nc2nc3cnc(NC4CCC(O)CC4)nc3n2C2CCOC2)c1F. The molecule has 0 amide bonds. The van der Waals surface area contributed by atoms with E-state index in [9.17, 15) is 18.3 Å². The zero-order valence-corrected chi connectivity index (χ0v) is 17.0. The standard InChI is InChI=1S/C21H23F3N6O2/c22-11-7-15(23)18(16(24)8-11)28-21-27-17-9-25-20(26-12-1-3-14(31)4-2-12)29-19(17)30(21)13-5-6-32-10-13/h7-9,12-14,31H,1-6,10H2,(H,27,28)(H,25,26,29)/i7D,8D. The van der Waals surface area contributed by atoms with Gasteiger partial charge in [-0.3, -0.25) is 4.57 Å². The fourth-order valence-corrected chi connectivity index (χ4v) is 4.19. The van der Waals surface area contributed by atoms with Gasteiger partial charge in [-0.05, 0) is 32.1 Å². The predicted octanol–water partition coefficient (Wildman–Crippen LogP) is 3.66. The van der Waals surface area contributed by atoms with Crippen LogP contribution in [0.1, 0.15) is 40.9 Å². The van der Waals surface area contributed by atoms with Gasteiger partial charge >= 0.3 is 0 Å². The molecule has 0 spiro atoms. The second kappa shape index (κ2) is 8.55. The van der Waals surface area contributed by atoms with Crippen molar-refractivity contribution in [1.82, 2.24) is 19.5 Å². The van der Waals surface area contributed by atoms with Crippen molar-refractivity contribution in [2.24, 2.45) is 0 Å². The number of nitrogens with zero attached hydrogens (tertiary/aromatic N) is 4. The van der Waals surface area contributed by atoms with Crippen LogP contribution in [0.15, 0.2) is 18.3 Å². The monoisotopic (exact) mass is 450 g/mol. The summed E-state index contributed by atoms with van der Waals surface area (Å²) in [5.41, 5.74) is -0.0652. The van der Waals surface area contributed by atoms with Gasteiger partial charge in [0.2, 0.25) is 11.9 Å². The summed E-state index contributed by atoms with van der Waals surface area (Å²) in [6, 6.07) is -2.54. The first-order valence-corrected chi connectivity index (χ1v) is 10.5. The zero-order chi connectivity index (χ0) is 24.0. The van der Waals surface area contributed by atoms with Crippen LogP contribution in [0.3, 0.4) is 0 Å². The van der Waals surface area contributed by atoms with Crippen molar-refractivity contribution in [3.63, 3.8) is 0 Å². The molecule has 1 saturated heterocycles. The van der Waals surface area contributed by atoms with E-state index in [1.54, 1.807) is 4.57 Å². The molecule has 1 atom stereocenters. The Kier molecular flexibility index (Phi) is 4.98. The molecule has 1 saturated carbocycles. The molecule has 1 aliphatic carbocycles. The molecule has 8 nitrogen and oxygen atoms in total. The number of nitrogens with one attached hydrogen (secondary N) is 2. The number of benzene rings is 1. The summed E-state index contributed by atoms with van der Waals surface area (Å²) >= 11 is 0. The van der Waals surface area contributed by atoms with Gasteiger partial charge in [-0.2, -0.15) is 4.98 Å². The number of anilines is 3. The van der Waals surface area contributed by atoms with Gasteiger partial charge in [-0.25, -0.2) is 23.1 Å². The lowest BCUT2D eigenvalue weighted by molar-refractivity contribution is 0.126. The Morgan fingerprint density at radius 2 is 1.84 bits per heavy atom. The van der Waals surface area contributed by atoms with E-state index in [1.807, 2.05) is 0 Å². The number of ether oxygens (including phenoxy) is 1. The van der Waals surface area contributed by atoms with Crippen LogP contribution in [0, 0.1) is 17.5 Å². The van der Waals surface area contributed by atoms with E-state index in [0.29, 0.717) is 49.6 Å². The molecule has 11 heteroatoms. The minimum Gasteiger partial charge on any atom is -0.393 e. The maximum absolute atomic E-state index is 14.6. The number of aromatic nitrogens is 4. The van der Waals surface area contributed by atoms with Crippen LogP contribution in [0.5, 0.6) is 0 Å². The third kappa shape index (κ3) is 4.09. The predicted molar refractivity (Wildman–Crippen MR) is 111 cm³/mol. The molecule has 1 unspecified atom stereocenters. The van der Waals surface area contributed by atoms with Gasteiger partial charge in [0.1, 0.15) is 17.0 Å². The van der Waals surface area contributed by atoms with Gasteiger partial charge in [0.25, 0.3) is 0 Å². The van der Waals surface area contributed by atoms with Gasteiger partial charge in [0.15, 0.2) is 17.3 Å². The summed E-state index contributed by atoms with van der Waals surface area (Å²) in [6.45, 7) is 0.812. The summed E-state index contributed by atoms with van der Waals surface area (Å²) in [6.07, 6.45) is 4.74. The van der Waals surface area contributed by atoms with Gasteiger partial charge in [-0.1, -0.05) is 0 Å². The van der Waals surface area contributed by atoms with Gasteiger partial charge < -0.3 is 20.5 Å². The van der Waals surface area contributed by atoms with Crippen molar-refractivity contribution in [2.75, 3.05) is 23.8 Å². The second-order valence-corrected chi connectivity index (χ2v) is 8.07. The maximum Gasteiger partial charge on any atom is 0.224 e. The van der Waals surface area contributed by atoms with Crippen LogP contribution in [-0.2, 0) is 4.74 Å². The largest absolute Gasteiger partial charge is 0.393 e. The first kappa shape index (κ1) is 18.6. The van der Waals surface area contributed by atoms with Crippen molar-refractivity contribution >= 4 is 28.7 Å². The molecule has 32 heavy (non-hydrogen) atoms. The molecule has 3 N–H and O–H groups in total. The fourth-order valence-electron chi connectivity index (χ4n) is 4.19. The van der Waals surface area contributed by atoms with E-state index in [2.05, 4.69) is 25.6 Å². The summed E-state index contributed by atoms with van der Waals surface area (Å²) in [7, 11) is 0. The molecule has 3 aromatic rings. The number of hydrogen-bond donors (Lipinski definition) is 3. The van der Waals surface area contributed by atoms with Crippen LogP contribution in [-0.4, -0.2) is 50.0 Å². The Bertz CT molecular complexity index is 1200. The number of imidazole rings is 1. The van der Waals surface area contributed by atoms with Crippen LogP contribution >= 0.6 is 0 Å². The Balaban J connectivity index is 1.54. The number of halogens is 3. The molecule has 170 valence electrons. The summed E-state index contributed by atoms with van der Waals surface area (Å²) in [5.74, 6) is -4.11. The molecule has 1 aliphatic heterocycles. The first-order chi connectivity index (χ1) is 16.3. The van der Waals surface area contributed by atoms with Gasteiger partial charge in [0.05, 0.1) is 27.7 Å². The van der Waals surface area contributed by atoms with Gasteiger partial charge in [-0.15, -0.1) is 0 Å². The average Bonchev–Trinajstić information content (AvgIpc) is 3.48. The van der Waals surface area contributed by atoms with Crippen molar-refractivity contribution in [3.05, 3.63) is 35.7 Å². The molecular weight excluding hydrogens is 425 g/mol. The van der Waals surface area contributed by atoms with Crippen LogP contribution in [0.25, 0.3) is 11.2 Å². The van der Waals surface area contributed by atoms with E-state index in [1.165, 1.54) is 6.20 Å². The van der Waals surface area contributed by atoms with E-state index in [-0.39, 0.29) is 24.1 Å². The van der Waals surface area contributed by atoms with Crippen LogP contribution < -0.4 is 10.6 Å². The smallest absolute Gasteiger partial charge is 0.224 e. The Hall–Kier alpha value is -2.92. The summed E-state index contributed by atoms with van der Waals surface area (Å²) in [5, 5.41) is 15.5. The molecule has 0 radical (unpaired) electrons. The Labute approximate surface area is 184 Å². The quantitative estimate of drug-likeness (QED) is 0.546. The van der Waals surface area contributed by atoms with Gasteiger partial charge in [0, 0.05) is 24.7 Å². The van der Waals surface area contributed by atoms with Crippen molar-refractivity contribution < 1.29 is 25.8 Å². The van der Waals surface area contributed by atoms with Crippen molar-refractivity contribution in [1.29, 1.82) is 0 Å². The molecule has 1 aromatic carbocycles. The summed E-state index contributed by atoms with van der Waals surface area (Å²) < 4.78 is 65.1. The van der Waals surface area contributed by atoms with Crippen LogP contribution in [0.4, 0.5) is 30.8 Å². The number of rotatable bonds is 5. The lowest BCUT2D eigenvalue weighted by atomic mass is 9.93. The summed E-state index contributed by atoms with van der Waals surface area (Å²) in [4.78, 5) is 13.3. The molecule has 2 aliphatic rings. The normalized spacial score (nSPS) is 24.4. The van der Waals surface area contributed by atoms with E-state index in [4.69, 9.17) is 7.48 Å². The number of aliphatic hydroxyl groups is 1. The molecule has 0 bridgehead atoms. The highest BCUT2D eigenvalue weighted by Gasteiger charge is 2.27. The third-order valence-corrected chi connectivity index (χ3v) is 5.85. The Morgan fingerprint density at radius 1 is 1.09 bits per heavy atom. The lowest BCUT2D eigenvalue weighted by Gasteiger charge is -2.26. The third-order valence-electron chi connectivity index (χ3n) is 5.85. The highest BCUT2D eigenvalue weighted by atomic mass is 19.1. The first-order valence-electron chi connectivity index (χ1n) is 11.5.